The van der Waals surface area contributed by atoms with Crippen LogP contribution in [0.3, 0.4) is 0 Å². The maximum absolute atomic E-state index is 11.1. The number of esters is 1. The first kappa shape index (κ1) is 9.31. The van der Waals surface area contributed by atoms with E-state index < -0.39 is 5.97 Å². The first-order chi connectivity index (χ1) is 6.19. The second-order valence-corrected chi connectivity index (χ2v) is 2.28. The molecule has 0 spiro atoms. The molecule has 0 aliphatic rings. The van der Waals surface area contributed by atoms with E-state index in [9.17, 15) is 10.0 Å². The van der Waals surface area contributed by atoms with Crippen molar-refractivity contribution in [3.63, 3.8) is 0 Å². The second kappa shape index (κ2) is 3.75. The summed E-state index contributed by atoms with van der Waals surface area (Å²) in [6, 6.07) is 1.34. The van der Waals surface area contributed by atoms with E-state index in [2.05, 4.69) is 4.74 Å². The van der Waals surface area contributed by atoms with Crippen molar-refractivity contribution in [2.24, 2.45) is 0 Å². The van der Waals surface area contributed by atoms with E-state index >= 15 is 0 Å². The van der Waals surface area contributed by atoms with Gasteiger partial charge in [-0.2, -0.15) is 4.73 Å². The van der Waals surface area contributed by atoms with Gasteiger partial charge in [-0.25, -0.2) is 4.79 Å². The standard InChI is InChI=1S/C8H9NO4/c1-12-7-5-9(11)4-3-6(7)8(10)13-2/h3-5H,1-2H3. The highest BCUT2D eigenvalue weighted by Gasteiger charge is 2.14. The van der Waals surface area contributed by atoms with Crippen molar-refractivity contribution >= 4 is 5.97 Å². The lowest BCUT2D eigenvalue weighted by atomic mass is 10.2. The Labute approximate surface area is 75.1 Å². The Hall–Kier alpha value is -1.78. The van der Waals surface area contributed by atoms with Crippen molar-refractivity contribution < 1.29 is 19.0 Å². The lowest BCUT2D eigenvalue weighted by Gasteiger charge is -2.05. The number of pyridine rings is 1. The SMILES string of the molecule is COC(=O)c1cc[n+]([O-])cc1OC. The molecule has 5 heteroatoms. The molecule has 70 valence electrons. The van der Waals surface area contributed by atoms with Crippen molar-refractivity contribution in [1.82, 2.24) is 0 Å². The Kier molecular flexibility index (Phi) is 2.69. The van der Waals surface area contributed by atoms with Crippen molar-refractivity contribution in [2.75, 3.05) is 14.2 Å². The number of hydrogen-bond donors (Lipinski definition) is 0. The molecule has 1 aromatic rings. The number of nitrogens with zero attached hydrogens (tertiary/aromatic N) is 1. The van der Waals surface area contributed by atoms with Gasteiger partial charge in [0.2, 0.25) is 6.20 Å². The summed E-state index contributed by atoms with van der Waals surface area (Å²) in [5, 5.41) is 10.8. The third-order valence-corrected chi connectivity index (χ3v) is 1.52. The van der Waals surface area contributed by atoms with Crippen molar-refractivity contribution in [3.05, 3.63) is 29.2 Å². The van der Waals surface area contributed by atoms with Crippen LogP contribution >= 0.6 is 0 Å². The van der Waals surface area contributed by atoms with Crippen LogP contribution in [0.15, 0.2) is 18.5 Å². The molecule has 1 heterocycles. The van der Waals surface area contributed by atoms with Crippen LogP contribution in [0.4, 0.5) is 0 Å². The monoisotopic (exact) mass is 183 g/mol. The Morgan fingerprint density at radius 2 is 2.23 bits per heavy atom. The third-order valence-electron chi connectivity index (χ3n) is 1.52. The van der Waals surface area contributed by atoms with Gasteiger partial charge in [0.25, 0.3) is 0 Å². The van der Waals surface area contributed by atoms with Crippen LogP contribution in [-0.2, 0) is 4.74 Å². The van der Waals surface area contributed by atoms with Crippen molar-refractivity contribution in [1.29, 1.82) is 0 Å². The summed E-state index contributed by atoms with van der Waals surface area (Å²) in [4.78, 5) is 11.1. The number of aromatic nitrogens is 1. The quantitative estimate of drug-likeness (QED) is 0.371. The predicted octanol–water partition coefficient (Wildman–Crippen LogP) is 0.115. The largest absolute Gasteiger partial charge is 0.619 e. The Morgan fingerprint density at radius 3 is 2.77 bits per heavy atom. The molecular formula is C8H9NO4. The van der Waals surface area contributed by atoms with Gasteiger partial charge in [-0.1, -0.05) is 0 Å². The fourth-order valence-corrected chi connectivity index (χ4v) is 0.900. The highest BCUT2D eigenvalue weighted by molar-refractivity contribution is 5.91. The molecule has 13 heavy (non-hydrogen) atoms. The number of carbonyl (C=O) groups is 1. The number of ether oxygens (including phenoxy) is 2. The zero-order valence-corrected chi connectivity index (χ0v) is 7.31. The van der Waals surface area contributed by atoms with Crippen LogP contribution in [0.5, 0.6) is 5.75 Å². The van der Waals surface area contributed by atoms with E-state index in [-0.39, 0.29) is 11.3 Å². The topological polar surface area (TPSA) is 62.5 Å². The smallest absolute Gasteiger partial charge is 0.342 e. The Morgan fingerprint density at radius 1 is 1.54 bits per heavy atom. The zero-order chi connectivity index (χ0) is 9.84. The van der Waals surface area contributed by atoms with Gasteiger partial charge < -0.3 is 14.7 Å². The van der Waals surface area contributed by atoms with E-state index in [4.69, 9.17) is 4.74 Å². The normalized spacial score (nSPS) is 9.38. The van der Waals surface area contributed by atoms with Gasteiger partial charge in [0.15, 0.2) is 11.9 Å². The molecule has 0 N–H and O–H groups in total. The summed E-state index contributed by atoms with van der Waals surface area (Å²) in [5.41, 5.74) is 0.233. The molecule has 0 atom stereocenters. The van der Waals surface area contributed by atoms with Gasteiger partial charge in [0.1, 0.15) is 5.56 Å². The van der Waals surface area contributed by atoms with E-state index in [0.717, 1.165) is 6.20 Å². The van der Waals surface area contributed by atoms with Gasteiger partial charge in [0, 0.05) is 6.07 Å². The van der Waals surface area contributed by atoms with Crippen LogP contribution in [-0.4, -0.2) is 20.2 Å². The number of rotatable bonds is 2. The summed E-state index contributed by atoms with van der Waals surface area (Å²) >= 11 is 0. The first-order valence-corrected chi connectivity index (χ1v) is 3.54. The van der Waals surface area contributed by atoms with E-state index in [1.165, 1.54) is 26.5 Å². The Bertz CT molecular complexity index is 324. The molecule has 0 aromatic carbocycles. The number of carbonyl (C=O) groups excluding carboxylic acids is 1. The van der Waals surface area contributed by atoms with Gasteiger partial charge >= 0.3 is 5.97 Å². The van der Waals surface area contributed by atoms with Crippen LogP contribution in [0.1, 0.15) is 10.4 Å². The predicted molar refractivity (Wildman–Crippen MR) is 43.3 cm³/mol. The molecule has 0 fully saturated rings. The minimum absolute atomic E-state index is 0.198. The van der Waals surface area contributed by atoms with Gasteiger partial charge in [0.05, 0.1) is 14.2 Å². The summed E-state index contributed by atoms with van der Waals surface area (Å²) in [7, 11) is 2.64. The van der Waals surface area contributed by atoms with Crippen molar-refractivity contribution in [3.8, 4) is 5.75 Å². The zero-order valence-electron chi connectivity index (χ0n) is 7.31. The van der Waals surface area contributed by atoms with Crippen molar-refractivity contribution in [2.45, 2.75) is 0 Å². The second-order valence-electron chi connectivity index (χ2n) is 2.28. The van der Waals surface area contributed by atoms with Gasteiger partial charge in [-0.15, -0.1) is 0 Å². The molecule has 0 radical (unpaired) electrons. The summed E-state index contributed by atoms with van der Waals surface area (Å²) in [6.07, 6.45) is 2.36. The van der Waals surface area contributed by atoms with Crippen LogP contribution in [0.25, 0.3) is 0 Å². The molecule has 5 nitrogen and oxygen atoms in total. The maximum atomic E-state index is 11.1. The first-order valence-electron chi connectivity index (χ1n) is 3.54. The summed E-state index contributed by atoms with van der Waals surface area (Å²) in [5.74, 6) is -0.332. The number of hydrogen-bond acceptors (Lipinski definition) is 4. The molecule has 0 aliphatic heterocycles. The fourth-order valence-electron chi connectivity index (χ4n) is 0.900. The fraction of sp³-hybridized carbons (Fsp3) is 0.250. The van der Waals surface area contributed by atoms with Gasteiger partial charge in [-0.05, 0) is 0 Å². The average Bonchev–Trinajstić information content (AvgIpc) is 2.16. The third kappa shape index (κ3) is 1.87. The molecule has 0 saturated heterocycles. The molecule has 1 rings (SSSR count). The highest BCUT2D eigenvalue weighted by Crippen LogP contribution is 2.15. The highest BCUT2D eigenvalue weighted by atomic mass is 16.5. The van der Waals surface area contributed by atoms with Crippen LogP contribution < -0.4 is 9.47 Å². The molecular weight excluding hydrogens is 174 g/mol. The molecule has 0 saturated carbocycles. The summed E-state index contributed by atoms with van der Waals surface area (Å²) in [6.45, 7) is 0. The van der Waals surface area contributed by atoms with Crippen LogP contribution in [0.2, 0.25) is 0 Å². The van der Waals surface area contributed by atoms with E-state index in [1.807, 2.05) is 0 Å². The molecule has 1 aromatic heterocycles. The molecule has 0 unspecified atom stereocenters. The molecule has 0 bridgehead atoms. The average molecular weight is 183 g/mol. The minimum atomic E-state index is -0.530. The lowest BCUT2D eigenvalue weighted by molar-refractivity contribution is -0.605. The molecule has 0 aliphatic carbocycles. The number of methoxy groups -OCH3 is 2. The Balaban J connectivity index is 3.13. The minimum Gasteiger partial charge on any atom is -0.619 e. The van der Waals surface area contributed by atoms with Crippen LogP contribution in [0, 0.1) is 5.21 Å². The van der Waals surface area contributed by atoms with E-state index in [1.54, 1.807) is 0 Å². The molecule has 0 amide bonds. The summed E-state index contributed by atoms with van der Waals surface area (Å²) < 4.78 is 9.86. The maximum Gasteiger partial charge on any atom is 0.342 e. The lowest BCUT2D eigenvalue weighted by Crippen LogP contribution is -2.25. The van der Waals surface area contributed by atoms with E-state index in [0.29, 0.717) is 4.73 Å². The van der Waals surface area contributed by atoms with Gasteiger partial charge in [-0.3, -0.25) is 0 Å².